The molecule has 0 saturated carbocycles. The minimum atomic E-state index is -0.613. The van der Waals surface area contributed by atoms with E-state index in [-0.39, 0.29) is 17.1 Å². The van der Waals surface area contributed by atoms with E-state index in [1.807, 2.05) is 13.8 Å². The molecule has 1 heterocycles. The monoisotopic (exact) mass is 286 g/mol. The lowest BCUT2D eigenvalue weighted by atomic mass is 9.78. The number of hydrogen-bond acceptors (Lipinski definition) is 4. The van der Waals surface area contributed by atoms with Crippen molar-refractivity contribution >= 4 is 39.8 Å². The molecule has 0 spiro atoms. The molecule has 4 nitrogen and oxygen atoms in total. The van der Waals surface area contributed by atoms with Gasteiger partial charge in [0.1, 0.15) is 5.38 Å². The van der Waals surface area contributed by atoms with Gasteiger partial charge in [0.15, 0.2) is 10.9 Å². The Bertz CT molecular complexity index is 508. The van der Waals surface area contributed by atoms with Crippen LogP contribution in [0.5, 0.6) is 0 Å². The lowest BCUT2D eigenvalue weighted by molar-refractivity contribution is -0.115. The van der Waals surface area contributed by atoms with Gasteiger partial charge in [-0.1, -0.05) is 25.2 Å². The van der Waals surface area contributed by atoms with E-state index in [1.165, 1.54) is 11.3 Å². The van der Waals surface area contributed by atoms with Crippen LogP contribution in [0.3, 0.4) is 0 Å². The van der Waals surface area contributed by atoms with Crippen molar-refractivity contribution in [1.29, 1.82) is 0 Å². The summed E-state index contributed by atoms with van der Waals surface area (Å²) in [5, 5.41) is 2.48. The Morgan fingerprint density at radius 3 is 2.78 bits per heavy atom. The van der Waals surface area contributed by atoms with Crippen molar-refractivity contribution in [3.8, 4) is 0 Å². The van der Waals surface area contributed by atoms with Crippen LogP contribution in [0.25, 0.3) is 0 Å². The van der Waals surface area contributed by atoms with E-state index in [1.54, 1.807) is 6.92 Å². The van der Waals surface area contributed by atoms with Crippen LogP contribution < -0.4 is 5.32 Å². The molecule has 1 atom stereocenters. The summed E-state index contributed by atoms with van der Waals surface area (Å²) in [6, 6.07) is 0. The SMILES string of the molecule is C[C@H](Cl)C(=O)Nc1nc2c(s1)C(=O)CC(C)(C)C2. The van der Waals surface area contributed by atoms with E-state index < -0.39 is 5.38 Å². The molecule has 6 heteroatoms. The van der Waals surface area contributed by atoms with Crippen LogP contribution in [0, 0.1) is 5.41 Å². The number of rotatable bonds is 2. The molecule has 1 amide bonds. The minimum Gasteiger partial charge on any atom is -0.301 e. The van der Waals surface area contributed by atoms with Crippen LogP contribution in [0.4, 0.5) is 5.13 Å². The highest BCUT2D eigenvalue weighted by Crippen LogP contribution is 2.38. The average Bonchev–Trinajstić information content (AvgIpc) is 2.58. The second-order valence-corrected chi connectivity index (χ2v) is 6.99. The summed E-state index contributed by atoms with van der Waals surface area (Å²) in [5.74, 6) is -0.187. The number of amides is 1. The van der Waals surface area contributed by atoms with E-state index >= 15 is 0 Å². The fraction of sp³-hybridized carbons (Fsp3) is 0.583. The molecule has 0 fully saturated rings. The number of carbonyl (C=O) groups excluding carboxylic acids is 2. The lowest BCUT2D eigenvalue weighted by Gasteiger charge is -2.26. The van der Waals surface area contributed by atoms with Gasteiger partial charge in [-0.15, -0.1) is 11.6 Å². The summed E-state index contributed by atoms with van der Waals surface area (Å²) in [7, 11) is 0. The highest BCUT2D eigenvalue weighted by Gasteiger charge is 2.34. The Kier molecular flexibility index (Phi) is 3.47. The van der Waals surface area contributed by atoms with Gasteiger partial charge >= 0.3 is 0 Å². The molecule has 2 rings (SSSR count). The molecule has 0 bridgehead atoms. The van der Waals surface area contributed by atoms with Crippen LogP contribution in [-0.4, -0.2) is 22.1 Å². The molecule has 1 N–H and O–H groups in total. The summed E-state index contributed by atoms with van der Waals surface area (Å²) in [4.78, 5) is 28.4. The number of anilines is 1. The molecule has 0 saturated heterocycles. The van der Waals surface area contributed by atoms with E-state index in [2.05, 4.69) is 10.3 Å². The number of Topliss-reactive ketones (excluding diaryl/α,β-unsaturated/α-hetero) is 1. The molecule has 1 aliphatic rings. The van der Waals surface area contributed by atoms with Crippen molar-refractivity contribution < 1.29 is 9.59 Å². The van der Waals surface area contributed by atoms with Gasteiger partial charge in [0, 0.05) is 6.42 Å². The molecule has 0 aromatic carbocycles. The van der Waals surface area contributed by atoms with Crippen molar-refractivity contribution in [3.05, 3.63) is 10.6 Å². The Morgan fingerprint density at radius 1 is 1.50 bits per heavy atom. The molecular weight excluding hydrogens is 272 g/mol. The molecule has 1 aromatic heterocycles. The Balaban J connectivity index is 2.24. The number of ketones is 1. The van der Waals surface area contributed by atoms with Crippen LogP contribution in [0.1, 0.15) is 42.6 Å². The summed E-state index contributed by atoms with van der Waals surface area (Å²) >= 11 is 6.92. The smallest absolute Gasteiger partial charge is 0.243 e. The first-order valence-electron chi connectivity index (χ1n) is 5.76. The fourth-order valence-corrected chi connectivity index (χ4v) is 2.96. The highest BCUT2D eigenvalue weighted by molar-refractivity contribution is 7.17. The van der Waals surface area contributed by atoms with Gasteiger partial charge in [0.25, 0.3) is 0 Å². The van der Waals surface area contributed by atoms with Crippen LogP contribution in [0.15, 0.2) is 0 Å². The van der Waals surface area contributed by atoms with Crippen molar-refractivity contribution in [2.45, 2.75) is 39.0 Å². The molecule has 18 heavy (non-hydrogen) atoms. The average molecular weight is 287 g/mol. The highest BCUT2D eigenvalue weighted by atomic mass is 35.5. The molecule has 0 aliphatic heterocycles. The number of fused-ring (bicyclic) bond motifs is 1. The summed E-state index contributed by atoms with van der Waals surface area (Å²) in [5.41, 5.74) is 0.734. The van der Waals surface area contributed by atoms with E-state index in [0.717, 1.165) is 12.1 Å². The van der Waals surface area contributed by atoms with Gasteiger partial charge in [-0.2, -0.15) is 0 Å². The summed E-state index contributed by atoms with van der Waals surface area (Å²) in [6.45, 7) is 5.69. The normalized spacial score (nSPS) is 19.2. The molecule has 0 unspecified atom stereocenters. The van der Waals surface area contributed by atoms with Crippen molar-refractivity contribution in [2.24, 2.45) is 5.41 Å². The van der Waals surface area contributed by atoms with Gasteiger partial charge < -0.3 is 5.32 Å². The van der Waals surface area contributed by atoms with Gasteiger partial charge in [-0.05, 0) is 18.8 Å². The second-order valence-electron chi connectivity index (χ2n) is 5.34. The fourth-order valence-electron chi connectivity index (χ4n) is 1.98. The maximum absolute atomic E-state index is 12.0. The Hall–Kier alpha value is -0.940. The summed E-state index contributed by atoms with van der Waals surface area (Å²) < 4.78 is 0. The topological polar surface area (TPSA) is 59.1 Å². The van der Waals surface area contributed by atoms with Gasteiger partial charge in [0.05, 0.1) is 10.6 Å². The molecule has 1 aromatic rings. The van der Waals surface area contributed by atoms with Crippen molar-refractivity contribution in [2.75, 3.05) is 5.32 Å². The first kappa shape index (κ1) is 13.5. The van der Waals surface area contributed by atoms with E-state index in [0.29, 0.717) is 16.4 Å². The number of thiazole rings is 1. The maximum atomic E-state index is 12.0. The Labute approximate surface area is 115 Å². The zero-order valence-electron chi connectivity index (χ0n) is 10.5. The molecule has 0 radical (unpaired) electrons. The molecule has 98 valence electrons. The van der Waals surface area contributed by atoms with E-state index in [4.69, 9.17) is 11.6 Å². The number of halogens is 1. The lowest BCUT2D eigenvalue weighted by Crippen LogP contribution is -2.26. The number of aromatic nitrogens is 1. The van der Waals surface area contributed by atoms with Gasteiger partial charge in [-0.3, -0.25) is 9.59 Å². The van der Waals surface area contributed by atoms with Gasteiger partial charge in [0.2, 0.25) is 5.91 Å². The van der Waals surface area contributed by atoms with Crippen molar-refractivity contribution in [3.63, 3.8) is 0 Å². The van der Waals surface area contributed by atoms with Crippen LogP contribution >= 0.6 is 22.9 Å². The Morgan fingerprint density at radius 2 is 2.17 bits per heavy atom. The predicted molar refractivity (Wildman–Crippen MR) is 72.5 cm³/mol. The number of nitrogens with zero attached hydrogens (tertiary/aromatic N) is 1. The largest absolute Gasteiger partial charge is 0.301 e. The van der Waals surface area contributed by atoms with Crippen LogP contribution in [0.2, 0.25) is 0 Å². The number of hydrogen-bond donors (Lipinski definition) is 1. The second kappa shape index (κ2) is 4.63. The first-order valence-corrected chi connectivity index (χ1v) is 7.02. The van der Waals surface area contributed by atoms with E-state index in [9.17, 15) is 9.59 Å². The number of carbonyl (C=O) groups is 2. The zero-order valence-corrected chi connectivity index (χ0v) is 12.1. The van der Waals surface area contributed by atoms with Crippen molar-refractivity contribution in [1.82, 2.24) is 4.98 Å². The number of alkyl halides is 1. The minimum absolute atomic E-state index is 0.0563. The quantitative estimate of drug-likeness (QED) is 0.851. The third-order valence-corrected chi connectivity index (χ3v) is 4.08. The van der Waals surface area contributed by atoms with Crippen LogP contribution in [-0.2, 0) is 11.2 Å². The first-order chi connectivity index (χ1) is 8.28. The third kappa shape index (κ3) is 2.72. The zero-order chi connectivity index (χ0) is 13.5. The molecule has 1 aliphatic carbocycles. The maximum Gasteiger partial charge on any atom is 0.243 e. The predicted octanol–water partition coefficient (Wildman–Crippen LogP) is 2.86. The third-order valence-electron chi connectivity index (χ3n) is 2.83. The standard InChI is InChI=1S/C12H15ClN2O2S/c1-6(13)10(17)15-11-14-7-4-12(2,3)5-8(16)9(7)18-11/h6H,4-5H2,1-3H3,(H,14,15,17)/t6-/m0/s1. The summed E-state index contributed by atoms with van der Waals surface area (Å²) in [6.07, 6.45) is 1.29. The van der Waals surface area contributed by atoms with Gasteiger partial charge in [-0.25, -0.2) is 4.98 Å². The molecular formula is C12H15ClN2O2S. The number of nitrogens with one attached hydrogen (secondary N) is 1.